The molecule has 0 amide bonds. The van der Waals surface area contributed by atoms with E-state index in [4.69, 9.17) is 4.74 Å². The van der Waals surface area contributed by atoms with Crippen LogP contribution in [0.25, 0.3) is 0 Å². The predicted molar refractivity (Wildman–Crippen MR) is 142 cm³/mol. The van der Waals surface area contributed by atoms with E-state index in [1.807, 2.05) is 0 Å². The summed E-state index contributed by atoms with van der Waals surface area (Å²) in [4.78, 5) is 11.8. The molecule has 194 valence electrons. The fourth-order valence-corrected chi connectivity index (χ4v) is 10.1. The Morgan fingerprint density at radius 3 is 2.32 bits per heavy atom. The molecule has 0 aromatic rings. The topological polar surface area (TPSA) is 26.3 Å². The minimum atomic E-state index is -0.116. The Labute approximate surface area is 211 Å². The fourth-order valence-electron chi connectivity index (χ4n) is 10.1. The maximum Gasteiger partial charge on any atom is 0.302 e. The van der Waals surface area contributed by atoms with E-state index in [2.05, 4.69) is 61.5 Å². The molecule has 34 heavy (non-hydrogen) atoms. The van der Waals surface area contributed by atoms with E-state index in [0.717, 1.165) is 30.1 Å². The predicted octanol–water partition coefficient (Wildman–Crippen LogP) is 8.99. The molecule has 0 unspecified atom stereocenters. The van der Waals surface area contributed by atoms with Crippen LogP contribution in [-0.2, 0) is 9.53 Å². The number of esters is 1. The maximum atomic E-state index is 11.8. The molecule has 8 atom stereocenters. The molecule has 4 aliphatic carbocycles. The highest BCUT2D eigenvalue weighted by Gasteiger charge is 2.65. The van der Waals surface area contributed by atoms with Crippen LogP contribution >= 0.6 is 0 Å². The second-order valence-corrected chi connectivity index (χ2v) is 14.7. The third kappa shape index (κ3) is 3.92. The van der Waals surface area contributed by atoms with Gasteiger partial charge in [-0.2, -0.15) is 0 Å². The van der Waals surface area contributed by atoms with Crippen molar-refractivity contribution in [1.29, 1.82) is 0 Å². The number of hydrogen-bond donors (Lipinski definition) is 0. The smallest absolute Gasteiger partial charge is 0.302 e. The van der Waals surface area contributed by atoms with Gasteiger partial charge >= 0.3 is 5.97 Å². The maximum absolute atomic E-state index is 11.8. The highest BCUT2D eigenvalue weighted by Crippen LogP contribution is 2.73. The summed E-state index contributed by atoms with van der Waals surface area (Å²) in [7, 11) is 0. The molecular weight excluding hydrogens is 416 g/mol. The molecule has 3 saturated carbocycles. The van der Waals surface area contributed by atoms with Crippen LogP contribution in [0.2, 0.25) is 0 Å². The lowest BCUT2D eigenvalue weighted by Gasteiger charge is -2.64. The number of allylic oxidation sites excluding steroid dienone is 2. The minimum absolute atomic E-state index is 0.0370. The van der Waals surface area contributed by atoms with E-state index >= 15 is 0 Å². The molecule has 0 aromatic carbocycles. The van der Waals surface area contributed by atoms with E-state index in [1.54, 1.807) is 12.5 Å². The number of carbonyl (C=O) groups is 1. The second-order valence-electron chi connectivity index (χ2n) is 14.7. The van der Waals surface area contributed by atoms with Gasteiger partial charge in [-0.25, -0.2) is 0 Å². The van der Waals surface area contributed by atoms with Crippen LogP contribution in [0.3, 0.4) is 0 Å². The summed E-state index contributed by atoms with van der Waals surface area (Å²) in [6.45, 7) is 21.6. The molecule has 2 nitrogen and oxygen atoms in total. The van der Waals surface area contributed by atoms with Gasteiger partial charge in [-0.15, -0.1) is 0 Å². The summed E-state index contributed by atoms with van der Waals surface area (Å²) in [6, 6.07) is 0. The first-order valence-corrected chi connectivity index (χ1v) is 14.6. The van der Waals surface area contributed by atoms with Crippen molar-refractivity contribution in [2.24, 2.45) is 51.2 Å². The fraction of sp³-hybridized carbons (Fsp3) is 0.906. The Hall–Kier alpha value is -0.790. The van der Waals surface area contributed by atoms with Crippen LogP contribution in [0.4, 0.5) is 0 Å². The van der Waals surface area contributed by atoms with Crippen LogP contribution in [0.5, 0.6) is 0 Å². The highest BCUT2D eigenvalue weighted by atomic mass is 16.5. The number of carbonyl (C=O) groups excluding carboxylic acids is 1. The average molecular weight is 471 g/mol. The molecule has 2 heteroatoms. The average Bonchev–Trinajstić information content (AvgIpc) is 3.01. The summed E-state index contributed by atoms with van der Waals surface area (Å²) in [5, 5.41) is 0. The van der Waals surface area contributed by atoms with Gasteiger partial charge in [0, 0.05) is 12.3 Å². The number of rotatable bonds is 6. The van der Waals surface area contributed by atoms with Gasteiger partial charge in [0.15, 0.2) is 0 Å². The normalized spacial score (nSPS) is 44.0. The summed E-state index contributed by atoms with van der Waals surface area (Å²) < 4.78 is 5.87. The van der Waals surface area contributed by atoms with Crippen LogP contribution in [0.15, 0.2) is 11.6 Å². The highest BCUT2D eigenvalue weighted by molar-refractivity contribution is 5.66. The van der Waals surface area contributed by atoms with Gasteiger partial charge < -0.3 is 4.74 Å². The van der Waals surface area contributed by atoms with Gasteiger partial charge in [0.25, 0.3) is 0 Å². The Balaban J connectivity index is 1.59. The van der Waals surface area contributed by atoms with Crippen molar-refractivity contribution in [3.63, 3.8) is 0 Å². The van der Waals surface area contributed by atoms with E-state index in [-0.39, 0.29) is 22.9 Å². The van der Waals surface area contributed by atoms with Gasteiger partial charge in [-0.1, -0.05) is 86.3 Å². The van der Waals surface area contributed by atoms with Gasteiger partial charge in [-0.05, 0) is 90.8 Å². The Kier molecular flexibility index (Phi) is 6.92. The first-order valence-electron chi connectivity index (χ1n) is 14.6. The van der Waals surface area contributed by atoms with E-state index in [9.17, 15) is 4.79 Å². The molecule has 0 heterocycles. The van der Waals surface area contributed by atoms with Crippen molar-refractivity contribution in [1.82, 2.24) is 0 Å². The third-order valence-corrected chi connectivity index (χ3v) is 12.3. The monoisotopic (exact) mass is 470 g/mol. The summed E-state index contributed by atoms with van der Waals surface area (Å²) >= 11 is 0. The van der Waals surface area contributed by atoms with Crippen molar-refractivity contribution < 1.29 is 9.53 Å². The lowest BCUT2D eigenvalue weighted by Crippen LogP contribution is -2.58. The summed E-state index contributed by atoms with van der Waals surface area (Å²) in [6.07, 6.45) is 15.9. The largest absolute Gasteiger partial charge is 0.462 e. The standard InChI is InChI=1S/C32H54O2/c1-21(2)11-10-12-22(3)24-15-19-32(9)26-13-14-27-29(5,6)28(34-23(4)33)17-18-30(27,7)25(26)16-20-31(24,32)8/h16,21-22,24,26-28H,10-15,17-20H2,1-9H3/t22-,24-,26+,27+,28+,30-,31+,32-/m1/s1. The number of ether oxygens (including phenoxy) is 1. The molecular formula is C32H54O2. The molecule has 0 bridgehead atoms. The molecule has 0 radical (unpaired) electrons. The van der Waals surface area contributed by atoms with E-state index in [1.165, 1.54) is 57.8 Å². The zero-order valence-electron chi connectivity index (χ0n) is 23.9. The first-order chi connectivity index (χ1) is 15.8. The summed E-state index contributed by atoms with van der Waals surface area (Å²) in [5.41, 5.74) is 2.96. The first kappa shape index (κ1) is 26.3. The van der Waals surface area contributed by atoms with Crippen LogP contribution < -0.4 is 0 Å². The van der Waals surface area contributed by atoms with Gasteiger partial charge in [0.2, 0.25) is 0 Å². The molecule has 0 saturated heterocycles. The lowest BCUT2D eigenvalue weighted by atomic mass is 9.41. The minimum Gasteiger partial charge on any atom is -0.462 e. The molecule has 4 rings (SSSR count). The molecule has 4 aliphatic rings. The SMILES string of the molecule is CC(=O)O[C@H]1CC[C@]2(C)C3=CC[C@@]4(C)[C@@H]([C@H](C)CCCC(C)C)CC[C@]4(C)[C@H]3CC[C@H]2C1(C)C. The van der Waals surface area contributed by atoms with Crippen molar-refractivity contribution >= 4 is 5.97 Å². The van der Waals surface area contributed by atoms with Crippen molar-refractivity contribution in [3.05, 3.63) is 11.6 Å². The van der Waals surface area contributed by atoms with Gasteiger partial charge in [-0.3, -0.25) is 4.79 Å². The Morgan fingerprint density at radius 1 is 0.971 bits per heavy atom. The molecule has 3 fully saturated rings. The molecule has 0 N–H and O–H groups in total. The summed E-state index contributed by atoms with van der Waals surface area (Å²) in [5.74, 6) is 3.75. The third-order valence-electron chi connectivity index (χ3n) is 12.3. The van der Waals surface area contributed by atoms with Crippen molar-refractivity contribution in [3.8, 4) is 0 Å². The molecule has 0 aliphatic heterocycles. The van der Waals surface area contributed by atoms with Gasteiger partial charge in [0.05, 0.1) is 0 Å². The second kappa shape index (κ2) is 8.95. The van der Waals surface area contributed by atoms with Crippen molar-refractivity contribution in [2.45, 2.75) is 133 Å². The zero-order valence-corrected chi connectivity index (χ0v) is 23.9. The lowest BCUT2D eigenvalue weighted by molar-refractivity contribution is -0.170. The molecule has 0 aromatic heterocycles. The van der Waals surface area contributed by atoms with Gasteiger partial charge in [0.1, 0.15) is 6.10 Å². The molecule has 0 spiro atoms. The Morgan fingerprint density at radius 2 is 1.68 bits per heavy atom. The zero-order chi connectivity index (χ0) is 25.1. The van der Waals surface area contributed by atoms with Crippen molar-refractivity contribution in [2.75, 3.05) is 0 Å². The van der Waals surface area contributed by atoms with Crippen LogP contribution in [0, 0.1) is 51.2 Å². The van der Waals surface area contributed by atoms with Crippen LogP contribution in [0.1, 0.15) is 127 Å². The number of fused-ring (bicyclic) bond motifs is 5. The quantitative estimate of drug-likeness (QED) is 0.286. The number of hydrogen-bond acceptors (Lipinski definition) is 2. The van der Waals surface area contributed by atoms with Crippen LogP contribution in [-0.4, -0.2) is 12.1 Å². The van der Waals surface area contributed by atoms with E-state index in [0.29, 0.717) is 16.7 Å². The van der Waals surface area contributed by atoms with E-state index < -0.39 is 0 Å². The Bertz CT molecular complexity index is 808.